The molecule has 4 heteroatoms. The first kappa shape index (κ1) is 17.2. The average molecular weight is 358 g/mol. The summed E-state index contributed by atoms with van der Waals surface area (Å²) in [5.74, 6) is 0. The van der Waals surface area contributed by atoms with Gasteiger partial charge in [0, 0.05) is 26.3 Å². The number of halogens is 1. The van der Waals surface area contributed by atoms with Crippen LogP contribution in [0, 0.1) is 0 Å². The van der Waals surface area contributed by atoms with Gasteiger partial charge < -0.3 is 0 Å². The van der Waals surface area contributed by atoms with E-state index in [0.717, 1.165) is 46.2 Å². The SMILES string of the molecule is CC(C)=CCCC1(C)Sc2nc3cc(Cl)ccc3cc2C=C1C=O. The van der Waals surface area contributed by atoms with Gasteiger partial charge in [-0.1, -0.05) is 41.1 Å². The van der Waals surface area contributed by atoms with Crippen LogP contribution in [-0.4, -0.2) is 16.0 Å². The van der Waals surface area contributed by atoms with Crippen LogP contribution in [0.5, 0.6) is 0 Å². The molecule has 0 fully saturated rings. The molecule has 0 spiro atoms. The molecule has 2 aromatic rings. The van der Waals surface area contributed by atoms with Crippen LogP contribution >= 0.6 is 23.4 Å². The maximum atomic E-state index is 11.7. The maximum Gasteiger partial charge on any atom is 0.147 e. The topological polar surface area (TPSA) is 30.0 Å². The minimum absolute atomic E-state index is 0.250. The van der Waals surface area contributed by atoms with Crippen molar-refractivity contribution in [1.82, 2.24) is 4.98 Å². The first-order valence-corrected chi connectivity index (χ1v) is 9.21. The summed E-state index contributed by atoms with van der Waals surface area (Å²) >= 11 is 7.77. The average Bonchev–Trinajstić information content (AvgIpc) is 2.52. The quantitative estimate of drug-likeness (QED) is 0.490. The van der Waals surface area contributed by atoms with Gasteiger partial charge in [0.25, 0.3) is 0 Å². The number of carbonyl (C=O) groups excluding carboxylic acids is 1. The summed E-state index contributed by atoms with van der Waals surface area (Å²) < 4.78 is -0.250. The van der Waals surface area contributed by atoms with Crippen molar-refractivity contribution in [3.8, 4) is 0 Å². The first-order chi connectivity index (χ1) is 11.4. The predicted octanol–water partition coefficient (Wildman–Crippen LogP) is 6.08. The molecule has 1 aliphatic heterocycles. The van der Waals surface area contributed by atoms with Crippen molar-refractivity contribution in [2.75, 3.05) is 0 Å². The maximum absolute atomic E-state index is 11.7. The number of allylic oxidation sites excluding steroid dienone is 2. The molecule has 0 amide bonds. The van der Waals surface area contributed by atoms with Gasteiger partial charge >= 0.3 is 0 Å². The van der Waals surface area contributed by atoms with Crippen LogP contribution in [0.3, 0.4) is 0 Å². The van der Waals surface area contributed by atoms with E-state index in [9.17, 15) is 4.79 Å². The van der Waals surface area contributed by atoms with Crippen molar-refractivity contribution in [3.05, 3.63) is 52.1 Å². The van der Waals surface area contributed by atoms with Gasteiger partial charge in [-0.3, -0.25) is 4.79 Å². The number of aromatic nitrogens is 1. The largest absolute Gasteiger partial charge is 0.298 e. The van der Waals surface area contributed by atoms with Crippen LogP contribution in [-0.2, 0) is 4.79 Å². The molecule has 124 valence electrons. The molecule has 1 atom stereocenters. The Bertz CT molecular complexity index is 867. The molecule has 1 aromatic heterocycles. The van der Waals surface area contributed by atoms with Crippen LogP contribution in [0.4, 0.5) is 0 Å². The van der Waals surface area contributed by atoms with Crippen LogP contribution < -0.4 is 0 Å². The standard InChI is InChI=1S/C20H20ClNOS/c1-13(2)5-4-8-20(3)16(12-23)10-15-9-14-6-7-17(21)11-18(14)22-19(15)24-20/h5-7,9-12H,4,8H2,1-3H3. The normalized spacial score (nSPS) is 19.6. The summed E-state index contributed by atoms with van der Waals surface area (Å²) in [5.41, 5.74) is 4.03. The Morgan fingerprint density at radius 2 is 2.12 bits per heavy atom. The number of thioether (sulfide) groups is 1. The second-order valence-corrected chi connectivity index (χ2v) is 8.52. The van der Waals surface area contributed by atoms with E-state index >= 15 is 0 Å². The number of hydrogen-bond acceptors (Lipinski definition) is 3. The molecule has 0 saturated heterocycles. The Labute approximate surface area is 152 Å². The summed E-state index contributed by atoms with van der Waals surface area (Å²) in [6.07, 6.45) is 7.05. The number of hydrogen-bond donors (Lipinski definition) is 0. The van der Waals surface area contributed by atoms with Gasteiger partial charge in [0.1, 0.15) is 11.3 Å². The first-order valence-electron chi connectivity index (χ1n) is 8.01. The van der Waals surface area contributed by atoms with Crippen LogP contribution in [0.1, 0.15) is 39.2 Å². The lowest BCUT2D eigenvalue weighted by Gasteiger charge is -2.32. The van der Waals surface area contributed by atoms with Gasteiger partial charge in [0.2, 0.25) is 0 Å². The fourth-order valence-corrected chi connectivity index (χ4v) is 4.32. The summed E-state index contributed by atoms with van der Waals surface area (Å²) in [6.45, 7) is 6.32. The molecule has 3 rings (SSSR count). The van der Waals surface area contributed by atoms with E-state index in [2.05, 4.69) is 32.9 Å². The molecule has 24 heavy (non-hydrogen) atoms. The third-order valence-corrected chi connectivity index (χ3v) is 5.96. The van der Waals surface area contributed by atoms with E-state index in [4.69, 9.17) is 16.6 Å². The van der Waals surface area contributed by atoms with Crippen molar-refractivity contribution in [1.29, 1.82) is 0 Å². The highest BCUT2D eigenvalue weighted by Crippen LogP contribution is 2.47. The molecule has 0 bridgehead atoms. The summed E-state index contributed by atoms with van der Waals surface area (Å²) in [5, 5.41) is 2.69. The highest BCUT2D eigenvalue weighted by molar-refractivity contribution is 8.01. The lowest BCUT2D eigenvalue weighted by Crippen LogP contribution is -2.26. The zero-order chi connectivity index (χ0) is 17.3. The third-order valence-electron chi connectivity index (χ3n) is 4.32. The second kappa shape index (κ2) is 6.73. The Morgan fingerprint density at radius 1 is 1.33 bits per heavy atom. The zero-order valence-corrected chi connectivity index (χ0v) is 15.7. The predicted molar refractivity (Wildman–Crippen MR) is 104 cm³/mol. The molecule has 2 nitrogen and oxygen atoms in total. The fraction of sp³-hybridized carbons (Fsp3) is 0.300. The van der Waals surface area contributed by atoms with Gasteiger partial charge in [-0.15, -0.1) is 0 Å². The molecule has 0 N–H and O–H groups in total. The van der Waals surface area contributed by atoms with Crippen molar-refractivity contribution in [2.24, 2.45) is 0 Å². The van der Waals surface area contributed by atoms with Gasteiger partial charge in [-0.2, -0.15) is 0 Å². The van der Waals surface area contributed by atoms with E-state index in [1.165, 1.54) is 5.57 Å². The number of nitrogens with zero attached hydrogens (tertiary/aromatic N) is 1. The van der Waals surface area contributed by atoms with Crippen molar-refractivity contribution >= 4 is 46.6 Å². The number of aldehydes is 1. The van der Waals surface area contributed by atoms with Crippen LogP contribution in [0.25, 0.3) is 17.0 Å². The smallest absolute Gasteiger partial charge is 0.147 e. The van der Waals surface area contributed by atoms with Crippen LogP contribution in [0.15, 0.2) is 46.5 Å². The number of rotatable bonds is 4. The number of benzene rings is 1. The number of fused-ring (bicyclic) bond motifs is 2. The molecule has 1 unspecified atom stereocenters. The van der Waals surface area contributed by atoms with Crippen molar-refractivity contribution < 1.29 is 4.79 Å². The van der Waals surface area contributed by atoms with Crippen molar-refractivity contribution in [3.63, 3.8) is 0 Å². The molecular weight excluding hydrogens is 338 g/mol. The van der Waals surface area contributed by atoms with Gasteiger partial charge in [0.15, 0.2) is 0 Å². The van der Waals surface area contributed by atoms with Crippen molar-refractivity contribution in [2.45, 2.75) is 43.4 Å². The lowest BCUT2D eigenvalue weighted by molar-refractivity contribution is -0.105. The van der Waals surface area contributed by atoms with Gasteiger partial charge in [-0.25, -0.2) is 4.98 Å². The minimum atomic E-state index is -0.250. The Balaban J connectivity index is 2.02. The number of pyridine rings is 1. The molecule has 0 aliphatic carbocycles. The monoisotopic (exact) mass is 357 g/mol. The Kier molecular flexibility index (Phi) is 4.84. The molecule has 1 aromatic carbocycles. The molecule has 0 radical (unpaired) electrons. The molecular formula is C20H20ClNOS. The second-order valence-electron chi connectivity index (χ2n) is 6.59. The minimum Gasteiger partial charge on any atom is -0.298 e. The zero-order valence-electron chi connectivity index (χ0n) is 14.1. The Morgan fingerprint density at radius 3 is 2.83 bits per heavy atom. The van der Waals surface area contributed by atoms with E-state index < -0.39 is 0 Å². The Hall–Kier alpha value is -1.58. The summed E-state index contributed by atoms with van der Waals surface area (Å²) in [6, 6.07) is 7.80. The van der Waals surface area contributed by atoms with Gasteiger partial charge in [-0.05, 0) is 57.9 Å². The van der Waals surface area contributed by atoms with Crippen LogP contribution in [0.2, 0.25) is 5.02 Å². The molecule has 0 saturated carbocycles. The third kappa shape index (κ3) is 3.42. The highest BCUT2D eigenvalue weighted by Gasteiger charge is 2.34. The fourth-order valence-electron chi connectivity index (χ4n) is 2.91. The summed E-state index contributed by atoms with van der Waals surface area (Å²) in [7, 11) is 0. The van der Waals surface area contributed by atoms with E-state index in [1.807, 2.05) is 24.3 Å². The summed E-state index contributed by atoms with van der Waals surface area (Å²) in [4.78, 5) is 16.4. The number of carbonyl (C=O) groups is 1. The molecule has 2 heterocycles. The lowest BCUT2D eigenvalue weighted by atomic mass is 9.93. The van der Waals surface area contributed by atoms with E-state index in [1.54, 1.807) is 11.8 Å². The van der Waals surface area contributed by atoms with E-state index in [-0.39, 0.29) is 4.75 Å². The van der Waals surface area contributed by atoms with E-state index in [0.29, 0.717) is 5.02 Å². The molecule has 1 aliphatic rings. The van der Waals surface area contributed by atoms with Gasteiger partial charge in [0.05, 0.1) is 5.52 Å². The highest BCUT2D eigenvalue weighted by atomic mass is 35.5.